The molecule has 2 heteroatoms. The Morgan fingerprint density at radius 3 is 2.67 bits per heavy atom. The average molecular weight is 237 g/mol. The number of nitrogens with zero attached hydrogens (tertiary/aromatic N) is 1. The highest BCUT2D eigenvalue weighted by molar-refractivity contribution is 5.46. The van der Waals surface area contributed by atoms with E-state index < -0.39 is 0 Å². The molecule has 4 rings (SSSR count). The third-order valence-corrected chi connectivity index (χ3v) is 3.98. The van der Waals surface area contributed by atoms with E-state index in [-0.39, 0.29) is 0 Å². The van der Waals surface area contributed by atoms with Crippen LogP contribution in [0, 0.1) is 0 Å². The van der Waals surface area contributed by atoms with Crippen LogP contribution >= 0.6 is 0 Å². The predicted molar refractivity (Wildman–Crippen MR) is 70.6 cm³/mol. The minimum absolute atomic E-state index is 0.375. The van der Waals surface area contributed by atoms with Crippen molar-refractivity contribution in [2.24, 2.45) is 0 Å². The van der Waals surface area contributed by atoms with Crippen LogP contribution in [-0.2, 0) is 6.42 Å². The molecule has 0 aliphatic carbocycles. The van der Waals surface area contributed by atoms with Gasteiger partial charge in [0.2, 0.25) is 0 Å². The van der Waals surface area contributed by atoms with E-state index in [1.54, 1.807) is 0 Å². The van der Waals surface area contributed by atoms with Crippen molar-refractivity contribution in [1.82, 2.24) is 4.90 Å². The molecule has 0 amide bonds. The molecule has 1 unspecified atom stereocenters. The van der Waals surface area contributed by atoms with E-state index in [9.17, 15) is 0 Å². The number of rotatable bonds is 0. The van der Waals surface area contributed by atoms with Gasteiger partial charge in [0.25, 0.3) is 0 Å². The van der Waals surface area contributed by atoms with Gasteiger partial charge in [-0.1, -0.05) is 42.5 Å². The molecule has 0 aromatic heterocycles. The summed E-state index contributed by atoms with van der Waals surface area (Å²) in [4.78, 5) is 2.42. The van der Waals surface area contributed by atoms with Crippen molar-refractivity contribution in [1.29, 1.82) is 0 Å². The molecular formula is C16H15NO. The van der Waals surface area contributed by atoms with Gasteiger partial charge in [0.1, 0.15) is 12.5 Å². The fourth-order valence-corrected chi connectivity index (χ4v) is 3.11. The topological polar surface area (TPSA) is 12.5 Å². The summed E-state index contributed by atoms with van der Waals surface area (Å²) in [7, 11) is 0. The minimum Gasteiger partial charge on any atom is -0.478 e. The molecule has 0 N–H and O–H groups in total. The Morgan fingerprint density at radius 1 is 0.944 bits per heavy atom. The van der Waals surface area contributed by atoms with Crippen molar-refractivity contribution in [3.05, 3.63) is 65.2 Å². The lowest BCUT2D eigenvalue weighted by Gasteiger charge is -2.41. The fraction of sp³-hybridized carbons (Fsp3) is 0.250. The first-order valence-electron chi connectivity index (χ1n) is 6.47. The molecule has 18 heavy (non-hydrogen) atoms. The van der Waals surface area contributed by atoms with Gasteiger partial charge in [-0.2, -0.15) is 0 Å². The molecule has 2 aliphatic rings. The summed E-state index contributed by atoms with van der Waals surface area (Å²) in [5.74, 6) is 1.04. The Labute approximate surface area is 107 Å². The van der Waals surface area contributed by atoms with Gasteiger partial charge in [0.05, 0.1) is 6.04 Å². The van der Waals surface area contributed by atoms with Gasteiger partial charge in [0, 0.05) is 12.1 Å². The molecule has 0 bridgehead atoms. The van der Waals surface area contributed by atoms with Crippen LogP contribution in [0.1, 0.15) is 22.7 Å². The van der Waals surface area contributed by atoms with E-state index in [2.05, 4.69) is 47.4 Å². The zero-order chi connectivity index (χ0) is 11.9. The third kappa shape index (κ3) is 1.39. The van der Waals surface area contributed by atoms with Gasteiger partial charge >= 0.3 is 0 Å². The Hall–Kier alpha value is -1.80. The standard InChI is InChI=1S/C16H15NO/c1-2-6-13-12(5-1)9-10-17-11-18-15-8-4-3-7-14(15)16(13)17/h1-8,16H,9-11H2. The first-order chi connectivity index (χ1) is 8.93. The number of benzene rings is 2. The highest BCUT2D eigenvalue weighted by Crippen LogP contribution is 2.41. The van der Waals surface area contributed by atoms with Crippen LogP contribution in [0.5, 0.6) is 5.75 Å². The fourth-order valence-electron chi connectivity index (χ4n) is 3.11. The summed E-state index contributed by atoms with van der Waals surface area (Å²) >= 11 is 0. The lowest BCUT2D eigenvalue weighted by atomic mass is 9.87. The van der Waals surface area contributed by atoms with Crippen molar-refractivity contribution in [2.75, 3.05) is 13.3 Å². The summed E-state index contributed by atoms with van der Waals surface area (Å²) in [5.41, 5.74) is 4.23. The van der Waals surface area contributed by atoms with Crippen LogP contribution in [0.2, 0.25) is 0 Å². The first kappa shape index (κ1) is 10.2. The minimum atomic E-state index is 0.375. The maximum atomic E-state index is 5.83. The Balaban J connectivity index is 1.91. The van der Waals surface area contributed by atoms with Crippen molar-refractivity contribution in [3.63, 3.8) is 0 Å². The largest absolute Gasteiger partial charge is 0.478 e. The highest BCUT2D eigenvalue weighted by atomic mass is 16.5. The molecule has 2 aliphatic heterocycles. The Morgan fingerprint density at radius 2 is 1.72 bits per heavy atom. The molecule has 2 aromatic carbocycles. The number of hydrogen-bond acceptors (Lipinski definition) is 2. The third-order valence-electron chi connectivity index (χ3n) is 3.98. The van der Waals surface area contributed by atoms with E-state index >= 15 is 0 Å². The number of fused-ring (bicyclic) bond motifs is 5. The molecule has 90 valence electrons. The van der Waals surface area contributed by atoms with Gasteiger partial charge in [-0.05, 0) is 23.6 Å². The summed E-state index contributed by atoms with van der Waals surface area (Å²) in [6.45, 7) is 1.78. The van der Waals surface area contributed by atoms with E-state index in [1.807, 2.05) is 6.07 Å². The molecule has 1 atom stereocenters. The molecule has 2 heterocycles. The summed E-state index contributed by atoms with van der Waals surface area (Å²) in [5, 5.41) is 0. The molecule has 0 radical (unpaired) electrons. The van der Waals surface area contributed by atoms with Crippen LogP contribution in [-0.4, -0.2) is 18.2 Å². The highest BCUT2D eigenvalue weighted by Gasteiger charge is 2.33. The number of hydrogen-bond donors (Lipinski definition) is 0. The zero-order valence-corrected chi connectivity index (χ0v) is 10.2. The maximum Gasteiger partial charge on any atom is 0.142 e. The molecule has 2 aromatic rings. The second-order valence-corrected chi connectivity index (χ2v) is 4.97. The lowest BCUT2D eigenvalue weighted by Crippen LogP contribution is -2.41. The Bertz CT molecular complexity index is 542. The van der Waals surface area contributed by atoms with Gasteiger partial charge in [0.15, 0.2) is 0 Å². The van der Waals surface area contributed by atoms with Gasteiger partial charge in [-0.25, -0.2) is 0 Å². The summed E-state index contributed by atoms with van der Waals surface area (Å²) in [6, 6.07) is 17.6. The van der Waals surface area contributed by atoms with Crippen LogP contribution in [0.25, 0.3) is 0 Å². The molecular weight excluding hydrogens is 222 g/mol. The van der Waals surface area contributed by atoms with Crippen LogP contribution in [0.4, 0.5) is 0 Å². The Kier molecular flexibility index (Phi) is 2.17. The second-order valence-electron chi connectivity index (χ2n) is 4.97. The molecule has 2 nitrogen and oxygen atoms in total. The van der Waals surface area contributed by atoms with Crippen LogP contribution in [0.15, 0.2) is 48.5 Å². The van der Waals surface area contributed by atoms with Gasteiger partial charge in [-0.15, -0.1) is 0 Å². The van der Waals surface area contributed by atoms with E-state index in [0.29, 0.717) is 12.8 Å². The van der Waals surface area contributed by atoms with E-state index in [0.717, 1.165) is 18.7 Å². The van der Waals surface area contributed by atoms with Crippen LogP contribution < -0.4 is 4.74 Å². The monoisotopic (exact) mass is 237 g/mol. The van der Waals surface area contributed by atoms with E-state index in [1.165, 1.54) is 16.7 Å². The van der Waals surface area contributed by atoms with Crippen molar-refractivity contribution in [2.45, 2.75) is 12.5 Å². The van der Waals surface area contributed by atoms with Crippen LogP contribution in [0.3, 0.4) is 0 Å². The zero-order valence-electron chi connectivity index (χ0n) is 10.2. The number of para-hydroxylation sites is 1. The quantitative estimate of drug-likeness (QED) is 0.698. The van der Waals surface area contributed by atoms with Crippen molar-refractivity contribution < 1.29 is 4.74 Å². The summed E-state index contributed by atoms with van der Waals surface area (Å²) < 4.78 is 5.83. The predicted octanol–water partition coefficient (Wildman–Crippen LogP) is 2.98. The molecule has 0 spiro atoms. The summed E-state index contributed by atoms with van der Waals surface area (Å²) in [6.07, 6.45) is 1.12. The average Bonchev–Trinajstić information content (AvgIpc) is 2.46. The number of ether oxygens (including phenoxy) is 1. The lowest BCUT2D eigenvalue weighted by molar-refractivity contribution is 0.0676. The van der Waals surface area contributed by atoms with Gasteiger partial charge in [-0.3, -0.25) is 4.90 Å². The molecule has 0 saturated heterocycles. The van der Waals surface area contributed by atoms with Crippen molar-refractivity contribution >= 4 is 0 Å². The van der Waals surface area contributed by atoms with E-state index in [4.69, 9.17) is 4.74 Å². The SMILES string of the molecule is c1ccc2c(c1)CCN1COc3ccccc3C21. The van der Waals surface area contributed by atoms with Crippen molar-refractivity contribution in [3.8, 4) is 5.75 Å². The smallest absolute Gasteiger partial charge is 0.142 e. The maximum absolute atomic E-state index is 5.83. The van der Waals surface area contributed by atoms with Gasteiger partial charge < -0.3 is 4.74 Å². The first-order valence-corrected chi connectivity index (χ1v) is 6.47. The second kappa shape index (κ2) is 3.85. The molecule has 0 fully saturated rings. The normalized spacial score (nSPS) is 21.4. The molecule has 0 saturated carbocycles.